The quantitative estimate of drug-likeness (QED) is 0.0261. The summed E-state index contributed by atoms with van der Waals surface area (Å²) in [6.07, 6.45) is 79.4. The molecule has 0 aromatic carbocycles. The van der Waals surface area contributed by atoms with Crippen LogP contribution in [0.15, 0.2) is 24.3 Å². The van der Waals surface area contributed by atoms with Gasteiger partial charge in [0.15, 0.2) is 6.10 Å². The van der Waals surface area contributed by atoms with E-state index in [2.05, 4.69) is 45.1 Å². The first kappa shape index (κ1) is 73.9. The maximum atomic E-state index is 12.9. The molecule has 6 heteroatoms. The number of esters is 3. The number of carbonyl (C=O) groups excluding carboxylic acids is 3. The third kappa shape index (κ3) is 62.7. The SMILES string of the molecule is CCC/C=C\CCCCCCCC(=O)OCC(COC(=O)CCCCCCCCCCCCCCCCCCCCCCCCCCCCC)OC(=O)CCCCCCCCCCC/C=C\CCCCCCCCCC. The fraction of sp³-hybridized carbons (Fsp3) is 0.900. The van der Waals surface area contributed by atoms with Crippen molar-refractivity contribution < 1.29 is 28.6 Å². The van der Waals surface area contributed by atoms with Crippen molar-refractivity contribution in [3.8, 4) is 0 Å². The molecule has 0 radical (unpaired) electrons. The van der Waals surface area contributed by atoms with Crippen LogP contribution in [0.1, 0.15) is 387 Å². The van der Waals surface area contributed by atoms with Crippen LogP contribution in [0.2, 0.25) is 0 Å². The first-order valence-corrected chi connectivity index (χ1v) is 34.3. The molecule has 0 bridgehead atoms. The molecule has 0 spiro atoms. The van der Waals surface area contributed by atoms with E-state index in [0.717, 1.165) is 70.6 Å². The molecule has 0 aliphatic heterocycles. The van der Waals surface area contributed by atoms with Crippen molar-refractivity contribution in [2.75, 3.05) is 13.2 Å². The topological polar surface area (TPSA) is 78.9 Å². The molecule has 1 unspecified atom stereocenters. The van der Waals surface area contributed by atoms with Crippen molar-refractivity contribution in [1.82, 2.24) is 0 Å². The fourth-order valence-electron chi connectivity index (χ4n) is 10.5. The maximum absolute atomic E-state index is 12.9. The highest BCUT2D eigenvalue weighted by atomic mass is 16.6. The van der Waals surface area contributed by atoms with Gasteiger partial charge in [-0.3, -0.25) is 14.4 Å². The predicted octanol–water partition coefficient (Wildman–Crippen LogP) is 23.4. The summed E-state index contributed by atoms with van der Waals surface area (Å²) < 4.78 is 16.9. The van der Waals surface area contributed by atoms with Crippen LogP contribution in [0.4, 0.5) is 0 Å². The summed E-state index contributed by atoms with van der Waals surface area (Å²) in [4.78, 5) is 38.3. The predicted molar refractivity (Wildman–Crippen MR) is 330 cm³/mol. The van der Waals surface area contributed by atoms with Crippen LogP contribution in [0.3, 0.4) is 0 Å². The zero-order valence-electron chi connectivity index (χ0n) is 51.6. The van der Waals surface area contributed by atoms with Crippen LogP contribution in [-0.4, -0.2) is 37.2 Å². The van der Waals surface area contributed by atoms with Gasteiger partial charge in [0.25, 0.3) is 0 Å². The van der Waals surface area contributed by atoms with Gasteiger partial charge >= 0.3 is 17.9 Å². The van der Waals surface area contributed by atoms with Crippen molar-refractivity contribution >= 4 is 17.9 Å². The van der Waals surface area contributed by atoms with Crippen LogP contribution in [-0.2, 0) is 28.6 Å². The number of hydrogen-bond acceptors (Lipinski definition) is 6. The summed E-state index contributed by atoms with van der Waals surface area (Å²) in [6, 6.07) is 0. The first-order chi connectivity index (χ1) is 37.5. The minimum Gasteiger partial charge on any atom is -0.462 e. The van der Waals surface area contributed by atoms with Crippen molar-refractivity contribution in [3.05, 3.63) is 24.3 Å². The maximum Gasteiger partial charge on any atom is 0.306 e. The normalized spacial score (nSPS) is 12.1. The Hall–Kier alpha value is -2.11. The van der Waals surface area contributed by atoms with Gasteiger partial charge in [0, 0.05) is 19.3 Å². The molecule has 448 valence electrons. The summed E-state index contributed by atoms with van der Waals surface area (Å²) in [5.41, 5.74) is 0. The third-order valence-electron chi connectivity index (χ3n) is 15.7. The molecular weight excluding hydrogens is 937 g/mol. The van der Waals surface area contributed by atoms with Crippen LogP contribution >= 0.6 is 0 Å². The lowest BCUT2D eigenvalue weighted by atomic mass is 10.0. The van der Waals surface area contributed by atoms with Crippen molar-refractivity contribution in [1.29, 1.82) is 0 Å². The Morgan fingerprint density at radius 1 is 0.250 bits per heavy atom. The van der Waals surface area contributed by atoms with E-state index in [1.807, 2.05) is 0 Å². The standard InChI is InChI=1S/C70H132O6/c1-4-7-10-13-16-19-22-24-26-28-30-32-33-34-35-36-37-39-40-42-44-46-48-51-54-57-60-63-69(72)75-66-67(65-74-68(71)62-59-56-53-50-21-18-15-12-9-6-3)76-70(73)64-61-58-55-52-49-47-45-43-41-38-31-29-27-25-23-20-17-14-11-8-5-2/h12,15,29,31,67H,4-11,13-14,16-28,30,32-66H2,1-3H3/b15-12-,31-29-. The molecule has 0 rings (SSSR count). The highest BCUT2D eigenvalue weighted by Gasteiger charge is 2.19. The summed E-state index contributed by atoms with van der Waals surface area (Å²) in [5.74, 6) is -0.857. The van der Waals surface area contributed by atoms with E-state index >= 15 is 0 Å². The molecular formula is C70H132O6. The summed E-state index contributed by atoms with van der Waals surface area (Å²) in [7, 11) is 0. The lowest BCUT2D eigenvalue weighted by Crippen LogP contribution is -2.30. The van der Waals surface area contributed by atoms with Gasteiger partial charge in [-0.2, -0.15) is 0 Å². The molecule has 0 aliphatic rings. The van der Waals surface area contributed by atoms with E-state index in [-0.39, 0.29) is 31.1 Å². The fourth-order valence-corrected chi connectivity index (χ4v) is 10.5. The third-order valence-corrected chi connectivity index (χ3v) is 15.7. The highest BCUT2D eigenvalue weighted by molar-refractivity contribution is 5.71. The van der Waals surface area contributed by atoms with Crippen molar-refractivity contribution in [2.24, 2.45) is 0 Å². The molecule has 0 saturated carbocycles. The van der Waals surface area contributed by atoms with Crippen LogP contribution < -0.4 is 0 Å². The zero-order chi connectivity index (χ0) is 55.0. The Labute approximate surface area is 474 Å². The molecule has 0 heterocycles. The van der Waals surface area contributed by atoms with Crippen LogP contribution in [0, 0.1) is 0 Å². The van der Waals surface area contributed by atoms with Gasteiger partial charge in [0.05, 0.1) is 0 Å². The Morgan fingerprint density at radius 3 is 0.711 bits per heavy atom. The van der Waals surface area contributed by atoms with Gasteiger partial charge in [0.2, 0.25) is 0 Å². The Morgan fingerprint density at radius 2 is 0.461 bits per heavy atom. The number of unbranched alkanes of at least 4 members (excludes halogenated alkanes) is 49. The summed E-state index contributed by atoms with van der Waals surface area (Å²) >= 11 is 0. The zero-order valence-corrected chi connectivity index (χ0v) is 51.6. The van der Waals surface area contributed by atoms with E-state index < -0.39 is 6.10 Å². The van der Waals surface area contributed by atoms with Gasteiger partial charge in [-0.15, -0.1) is 0 Å². The Balaban J connectivity index is 4.13. The Kier molecular flexibility index (Phi) is 63.6. The van der Waals surface area contributed by atoms with Gasteiger partial charge in [0.1, 0.15) is 13.2 Å². The van der Waals surface area contributed by atoms with E-state index in [1.54, 1.807) is 0 Å². The molecule has 0 saturated heterocycles. The smallest absolute Gasteiger partial charge is 0.306 e. The second kappa shape index (κ2) is 65.4. The average Bonchev–Trinajstić information content (AvgIpc) is 3.42. The second-order valence-corrected chi connectivity index (χ2v) is 23.4. The van der Waals surface area contributed by atoms with E-state index in [1.165, 1.54) is 276 Å². The van der Waals surface area contributed by atoms with Crippen molar-refractivity contribution in [3.63, 3.8) is 0 Å². The van der Waals surface area contributed by atoms with E-state index in [9.17, 15) is 14.4 Å². The molecule has 6 nitrogen and oxygen atoms in total. The molecule has 0 N–H and O–H groups in total. The van der Waals surface area contributed by atoms with Gasteiger partial charge in [-0.05, 0) is 64.2 Å². The van der Waals surface area contributed by atoms with Crippen LogP contribution in [0.5, 0.6) is 0 Å². The lowest BCUT2D eigenvalue weighted by Gasteiger charge is -2.18. The number of rotatable bonds is 64. The Bertz CT molecular complexity index is 1230. The molecule has 0 aromatic heterocycles. The molecule has 0 amide bonds. The van der Waals surface area contributed by atoms with Gasteiger partial charge in [-0.1, -0.05) is 328 Å². The average molecular weight is 1070 g/mol. The lowest BCUT2D eigenvalue weighted by molar-refractivity contribution is -0.167. The summed E-state index contributed by atoms with van der Waals surface area (Å²) in [5, 5.41) is 0. The van der Waals surface area contributed by atoms with Crippen molar-refractivity contribution in [2.45, 2.75) is 393 Å². The number of ether oxygens (including phenoxy) is 3. The number of carbonyl (C=O) groups is 3. The summed E-state index contributed by atoms with van der Waals surface area (Å²) in [6.45, 7) is 6.64. The molecule has 0 aromatic rings. The second-order valence-electron chi connectivity index (χ2n) is 23.4. The molecule has 0 fully saturated rings. The van der Waals surface area contributed by atoms with Gasteiger partial charge in [-0.25, -0.2) is 0 Å². The largest absolute Gasteiger partial charge is 0.462 e. The molecule has 1 atom stereocenters. The number of hydrogen-bond donors (Lipinski definition) is 0. The van der Waals surface area contributed by atoms with Crippen LogP contribution in [0.25, 0.3) is 0 Å². The van der Waals surface area contributed by atoms with E-state index in [0.29, 0.717) is 19.3 Å². The minimum absolute atomic E-state index is 0.0698. The minimum atomic E-state index is -0.773. The monoisotopic (exact) mass is 1070 g/mol. The highest BCUT2D eigenvalue weighted by Crippen LogP contribution is 2.19. The first-order valence-electron chi connectivity index (χ1n) is 34.3. The van der Waals surface area contributed by atoms with E-state index in [4.69, 9.17) is 14.2 Å². The van der Waals surface area contributed by atoms with Gasteiger partial charge < -0.3 is 14.2 Å². The molecule has 76 heavy (non-hydrogen) atoms. The molecule has 0 aliphatic carbocycles. The number of allylic oxidation sites excluding steroid dienone is 4.